The van der Waals surface area contributed by atoms with Gasteiger partial charge in [-0.1, -0.05) is 6.92 Å². The summed E-state index contributed by atoms with van der Waals surface area (Å²) >= 11 is 0. The molecule has 120 valence electrons. The van der Waals surface area contributed by atoms with Crippen LogP contribution in [0.15, 0.2) is 0 Å². The number of aliphatic carboxylic acids is 1. The Bertz CT molecular complexity index is 388. The third-order valence-corrected chi connectivity index (χ3v) is 3.24. The molecule has 0 bridgehead atoms. The second-order valence-corrected chi connectivity index (χ2v) is 5.00. The van der Waals surface area contributed by atoms with Crippen LogP contribution in [0, 0.1) is 0 Å². The quantitative estimate of drug-likeness (QED) is 0.610. The fourth-order valence-corrected chi connectivity index (χ4v) is 1.97. The van der Waals surface area contributed by atoms with Crippen LogP contribution < -0.4 is 5.32 Å². The number of carboxylic acids is 1. The molecule has 0 aromatic rings. The molecule has 0 aromatic carbocycles. The van der Waals surface area contributed by atoms with E-state index < -0.39 is 12.0 Å². The number of carbonyl (C=O) groups excluding carboxylic acids is 2. The molecular formula is C13H23N3O5. The molecule has 1 heterocycles. The summed E-state index contributed by atoms with van der Waals surface area (Å²) in [5, 5.41) is 11.8. The molecule has 1 saturated heterocycles. The van der Waals surface area contributed by atoms with Crippen molar-refractivity contribution in [2.45, 2.75) is 19.4 Å². The maximum atomic E-state index is 12.1. The Morgan fingerprint density at radius 1 is 1.43 bits per heavy atom. The van der Waals surface area contributed by atoms with Crippen molar-refractivity contribution in [2.24, 2.45) is 0 Å². The molecular weight excluding hydrogens is 278 g/mol. The van der Waals surface area contributed by atoms with E-state index >= 15 is 0 Å². The second-order valence-electron chi connectivity index (χ2n) is 5.00. The van der Waals surface area contributed by atoms with Crippen molar-refractivity contribution in [1.82, 2.24) is 15.1 Å². The molecule has 2 amide bonds. The van der Waals surface area contributed by atoms with Gasteiger partial charge in [-0.2, -0.15) is 0 Å². The first-order chi connectivity index (χ1) is 9.95. The van der Waals surface area contributed by atoms with Gasteiger partial charge in [0, 0.05) is 20.1 Å². The molecule has 0 radical (unpaired) electrons. The van der Waals surface area contributed by atoms with Gasteiger partial charge in [0.15, 0.2) is 0 Å². The zero-order valence-corrected chi connectivity index (χ0v) is 12.5. The molecule has 1 aliphatic heterocycles. The number of carboxylic acid groups (broad SMARTS) is 1. The average molecular weight is 301 g/mol. The number of morpholine rings is 1. The molecule has 21 heavy (non-hydrogen) atoms. The van der Waals surface area contributed by atoms with Gasteiger partial charge in [0.2, 0.25) is 11.8 Å². The summed E-state index contributed by atoms with van der Waals surface area (Å²) in [6.07, 6.45) is 0.831. The minimum absolute atomic E-state index is 0.0269. The van der Waals surface area contributed by atoms with Crippen LogP contribution in [0.25, 0.3) is 0 Å². The number of likely N-dealkylation sites (N-methyl/N-ethyl adjacent to an activating group) is 1. The van der Waals surface area contributed by atoms with Gasteiger partial charge < -0.3 is 20.1 Å². The Kier molecular flexibility index (Phi) is 7.10. The van der Waals surface area contributed by atoms with Crippen LogP contribution in [0.2, 0.25) is 0 Å². The molecule has 2 N–H and O–H groups in total. The van der Waals surface area contributed by atoms with Crippen molar-refractivity contribution in [3.8, 4) is 0 Å². The van der Waals surface area contributed by atoms with E-state index in [1.807, 2.05) is 6.92 Å². The second kappa shape index (κ2) is 8.58. The largest absolute Gasteiger partial charge is 0.480 e. The van der Waals surface area contributed by atoms with E-state index in [2.05, 4.69) is 5.32 Å². The van der Waals surface area contributed by atoms with E-state index in [1.54, 1.807) is 4.90 Å². The van der Waals surface area contributed by atoms with Gasteiger partial charge in [-0.3, -0.25) is 19.3 Å². The molecule has 0 saturated carbocycles. The maximum Gasteiger partial charge on any atom is 0.323 e. The van der Waals surface area contributed by atoms with Gasteiger partial charge in [-0.15, -0.1) is 0 Å². The summed E-state index contributed by atoms with van der Waals surface area (Å²) in [6.45, 7) is 3.32. The van der Waals surface area contributed by atoms with Crippen molar-refractivity contribution in [2.75, 3.05) is 46.4 Å². The Hall–Kier alpha value is -1.67. The summed E-state index contributed by atoms with van der Waals surface area (Å²) in [5.41, 5.74) is 0. The number of rotatable bonds is 7. The van der Waals surface area contributed by atoms with Crippen LogP contribution in [0.4, 0.5) is 0 Å². The lowest BCUT2D eigenvalue weighted by atomic mass is 10.2. The molecule has 1 fully saturated rings. The Balaban J connectivity index is 2.46. The summed E-state index contributed by atoms with van der Waals surface area (Å²) < 4.78 is 5.11. The lowest BCUT2D eigenvalue weighted by molar-refractivity contribution is -0.151. The highest BCUT2D eigenvalue weighted by Crippen LogP contribution is 2.07. The van der Waals surface area contributed by atoms with Crippen molar-refractivity contribution in [1.29, 1.82) is 0 Å². The van der Waals surface area contributed by atoms with Crippen LogP contribution in [-0.2, 0) is 19.1 Å². The molecule has 8 nitrogen and oxygen atoms in total. The van der Waals surface area contributed by atoms with Gasteiger partial charge in [0.1, 0.15) is 6.04 Å². The van der Waals surface area contributed by atoms with Crippen molar-refractivity contribution >= 4 is 17.8 Å². The molecule has 0 aliphatic carbocycles. The third-order valence-electron chi connectivity index (χ3n) is 3.24. The molecule has 8 heteroatoms. The van der Waals surface area contributed by atoms with Crippen molar-refractivity contribution in [3.63, 3.8) is 0 Å². The van der Waals surface area contributed by atoms with E-state index in [9.17, 15) is 14.4 Å². The standard InChI is InChI=1S/C13H23N3O5/c1-3-4-14-11(17)7-15(2)12(18)8-16-5-6-21-9-10(16)13(19)20/h10H,3-9H2,1-2H3,(H,14,17)(H,19,20). The predicted octanol–water partition coefficient (Wildman–Crippen LogP) is -1.24. The van der Waals surface area contributed by atoms with Crippen LogP contribution >= 0.6 is 0 Å². The molecule has 1 rings (SSSR count). The fraction of sp³-hybridized carbons (Fsp3) is 0.769. The SMILES string of the molecule is CCCNC(=O)CN(C)C(=O)CN1CCOCC1C(=O)O. The zero-order chi connectivity index (χ0) is 15.8. The minimum atomic E-state index is -1.01. The van der Waals surface area contributed by atoms with Crippen LogP contribution in [0.3, 0.4) is 0 Å². The van der Waals surface area contributed by atoms with Crippen LogP contribution in [0.5, 0.6) is 0 Å². The number of ether oxygens (including phenoxy) is 1. The number of hydrogen-bond donors (Lipinski definition) is 2. The summed E-state index contributed by atoms with van der Waals surface area (Å²) in [6, 6.07) is -0.815. The van der Waals surface area contributed by atoms with Gasteiger partial charge in [0.05, 0.1) is 26.3 Å². The van der Waals surface area contributed by atoms with E-state index in [4.69, 9.17) is 9.84 Å². The average Bonchev–Trinajstić information content (AvgIpc) is 2.45. The number of carbonyl (C=O) groups is 3. The highest BCUT2D eigenvalue weighted by Gasteiger charge is 2.31. The zero-order valence-electron chi connectivity index (χ0n) is 12.5. The molecule has 1 atom stereocenters. The molecule has 0 spiro atoms. The summed E-state index contributed by atoms with van der Waals surface area (Å²) in [7, 11) is 1.53. The monoisotopic (exact) mass is 301 g/mol. The summed E-state index contributed by atoms with van der Waals surface area (Å²) in [4.78, 5) is 37.6. The van der Waals surface area contributed by atoms with Gasteiger partial charge in [-0.25, -0.2) is 0 Å². The maximum absolute atomic E-state index is 12.1. The Morgan fingerprint density at radius 3 is 2.76 bits per heavy atom. The number of nitrogens with one attached hydrogen (secondary N) is 1. The Morgan fingerprint density at radius 2 is 2.14 bits per heavy atom. The summed E-state index contributed by atoms with van der Waals surface area (Å²) in [5.74, 6) is -1.51. The first kappa shape index (κ1) is 17.4. The molecule has 1 aliphatic rings. The minimum Gasteiger partial charge on any atom is -0.480 e. The van der Waals surface area contributed by atoms with E-state index in [0.29, 0.717) is 19.7 Å². The Labute approximate surface area is 124 Å². The van der Waals surface area contributed by atoms with Gasteiger partial charge >= 0.3 is 5.97 Å². The normalized spacial score (nSPS) is 19.0. The highest BCUT2D eigenvalue weighted by atomic mass is 16.5. The predicted molar refractivity (Wildman–Crippen MR) is 74.8 cm³/mol. The fourth-order valence-electron chi connectivity index (χ4n) is 1.97. The van der Waals surface area contributed by atoms with Crippen molar-refractivity contribution < 1.29 is 24.2 Å². The highest BCUT2D eigenvalue weighted by molar-refractivity contribution is 5.86. The van der Waals surface area contributed by atoms with E-state index in [-0.39, 0.29) is 31.5 Å². The first-order valence-electron chi connectivity index (χ1n) is 7.01. The smallest absolute Gasteiger partial charge is 0.323 e. The molecule has 0 aromatic heterocycles. The lowest BCUT2D eigenvalue weighted by Gasteiger charge is -2.33. The van der Waals surface area contributed by atoms with E-state index in [0.717, 1.165) is 6.42 Å². The topological polar surface area (TPSA) is 99.2 Å². The third kappa shape index (κ3) is 5.68. The van der Waals surface area contributed by atoms with Gasteiger partial charge in [-0.05, 0) is 6.42 Å². The van der Waals surface area contributed by atoms with Crippen LogP contribution in [0.1, 0.15) is 13.3 Å². The van der Waals surface area contributed by atoms with E-state index in [1.165, 1.54) is 11.9 Å². The molecule has 1 unspecified atom stereocenters. The van der Waals surface area contributed by atoms with Crippen molar-refractivity contribution in [3.05, 3.63) is 0 Å². The lowest BCUT2D eigenvalue weighted by Crippen LogP contribution is -2.53. The number of amides is 2. The van der Waals surface area contributed by atoms with Crippen LogP contribution in [-0.4, -0.2) is 85.2 Å². The number of nitrogens with zero attached hydrogens (tertiary/aromatic N) is 2. The van der Waals surface area contributed by atoms with Gasteiger partial charge in [0.25, 0.3) is 0 Å². The number of hydrogen-bond acceptors (Lipinski definition) is 5. The first-order valence-corrected chi connectivity index (χ1v) is 7.01.